The van der Waals surface area contributed by atoms with Crippen LogP contribution in [0.5, 0.6) is 0 Å². The lowest BCUT2D eigenvalue weighted by molar-refractivity contribution is 0.199. The number of rotatable bonds is 5. The van der Waals surface area contributed by atoms with Gasteiger partial charge in [-0.25, -0.2) is 0 Å². The number of nitrogens with zero attached hydrogens (tertiary/aromatic N) is 2. The number of H-pyrrole nitrogens is 1. The Hall–Kier alpha value is -1.13. The smallest absolute Gasteiger partial charge is 0.0522 e. The SMILES string of the molecule is Cc1ccc(CN2CCCC(c3[nH]ncc3CC(C)C)C2)s1. The molecule has 1 aliphatic rings. The molecule has 3 nitrogen and oxygen atoms in total. The Labute approximate surface area is 137 Å². The van der Waals surface area contributed by atoms with E-state index in [-0.39, 0.29) is 0 Å². The normalized spacial score (nSPS) is 19.9. The third-order valence-corrected chi connectivity index (χ3v) is 5.45. The van der Waals surface area contributed by atoms with E-state index in [1.807, 2.05) is 17.5 Å². The summed E-state index contributed by atoms with van der Waals surface area (Å²) >= 11 is 1.93. The summed E-state index contributed by atoms with van der Waals surface area (Å²) in [5.74, 6) is 1.30. The lowest BCUT2D eigenvalue weighted by atomic mass is 9.90. The minimum atomic E-state index is 0.617. The standard InChI is InChI=1S/C18H27N3S/c1-13(2)9-16-10-19-20-18(16)15-5-4-8-21(11-15)12-17-7-6-14(3)22-17/h6-7,10,13,15H,4-5,8-9,11-12H2,1-3H3,(H,19,20). The average molecular weight is 318 g/mol. The molecule has 1 fully saturated rings. The summed E-state index contributed by atoms with van der Waals surface area (Å²) in [6, 6.07) is 4.51. The topological polar surface area (TPSA) is 31.9 Å². The van der Waals surface area contributed by atoms with E-state index in [0.29, 0.717) is 11.8 Å². The second kappa shape index (κ2) is 6.97. The monoisotopic (exact) mass is 317 g/mol. The lowest BCUT2D eigenvalue weighted by Gasteiger charge is -2.32. The Morgan fingerprint density at radius 1 is 1.41 bits per heavy atom. The number of aromatic amines is 1. The van der Waals surface area contributed by atoms with Crippen molar-refractivity contribution in [1.29, 1.82) is 0 Å². The maximum Gasteiger partial charge on any atom is 0.0522 e. The van der Waals surface area contributed by atoms with Crippen molar-refractivity contribution in [1.82, 2.24) is 15.1 Å². The van der Waals surface area contributed by atoms with Gasteiger partial charge in [-0.15, -0.1) is 11.3 Å². The highest BCUT2D eigenvalue weighted by molar-refractivity contribution is 7.11. The van der Waals surface area contributed by atoms with Crippen LogP contribution in [0.4, 0.5) is 0 Å². The average Bonchev–Trinajstić information content (AvgIpc) is 3.08. The largest absolute Gasteiger partial charge is 0.298 e. The van der Waals surface area contributed by atoms with E-state index in [1.165, 1.54) is 40.4 Å². The van der Waals surface area contributed by atoms with Crippen molar-refractivity contribution in [3.05, 3.63) is 39.3 Å². The van der Waals surface area contributed by atoms with Crippen LogP contribution in [0.15, 0.2) is 18.3 Å². The molecule has 0 radical (unpaired) electrons. The molecular weight excluding hydrogens is 290 g/mol. The van der Waals surface area contributed by atoms with E-state index in [4.69, 9.17) is 0 Å². The predicted octanol–water partition coefficient (Wildman–Crippen LogP) is 4.36. The van der Waals surface area contributed by atoms with Crippen LogP contribution >= 0.6 is 11.3 Å². The van der Waals surface area contributed by atoms with Crippen molar-refractivity contribution in [3.63, 3.8) is 0 Å². The van der Waals surface area contributed by atoms with Crippen molar-refractivity contribution >= 4 is 11.3 Å². The quantitative estimate of drug-likeness (QED) is 0.888. The Kier molecular flexibility index (Phi) is 4.99. The molecule has 0 spiro atoms. The third kappa shape index (κ3) is 3.79. The molecule has 120 valence electrons. The predicted molar refractivity (Wildman–Crippen MR) is 93.4 cm³/mol. The van der Waals surface area contributed by atoms with Gasteiger partial charge in [-0.05, 0) is 56.3 Å². The number of thiophene rings is 1. The van der Waals surface area contributed by atoms with Crippen LogP contribution in [0.3, 0.4) is 0 Å². The molecule has 1 N–H and O–H groups in total. The minimum absolute atomic E-state index is 0.617. The maximum absolute atomic E-state index is 4.32. The molecule has 1 saturated heterocycles. The van der Waals surface area contributed by atoms with Crippen molar-refractivity contribution in [2.45, 2.75) is 52.5 Å². The second-order valence-electron chi connectivity index (χ2n) is 6.99. The Morgan fingerprint density at radius 3 is 3.00 bits per heavy atom. The molecule has 22 heavy (non-hydrogen) atoms. The van der Waals surface area contributed by atoms with Gasteiger partial charge in [0.2, 0.25) is 0 Å². The van der Waals surface area contributed by atoms with Gasteiger partial charge in [0.15, 0.2) is 0 Å². The third-order valence-electron chi connectivity index (χ3n) is 4.47. The molecule has 3 rings (SSSR count). The number of likely N-dealkylation sites (tertiary alicyclic amines) is 1. The van der Waals surface area contributed by atoms with E-state index < -0.39 is 0 Å². The Bertz CT molecular complexity index is 599. The molecule has 0 saturated carbocycles. The van der Waals surface area contributed by atoms with Crippen LogP contribution in [-0.4, -0.2) is 28.2 Å². The molecular formula is C18H27N3S. The van der Waals surface area contributed by atoms with Crippen molar-refractivity contribution in [2.75, 3.05) is 13.1 Å². The zero-order chi connectivity index (χ0) is 15.5. The first-order valence-electron chi connectivity index (χ1n) is 8.41. The number of nitrogens with one attached hydrogen (secondary N) is 1. The summed E-state index contributed by atoms with van der Waals surface area (Å²) in [5.41, 5.74) is 2.81. The van der Waals surface area contributed by atoms with Crippen LogP contribution in [0.25, 0.3) is 0 Å². The fourth-order valence-electron chi connectivity index (χ4n) is 3.50. The fourth-order valence-corrected chi connectivity index (χ4v) is 4.44. The summed E-state index contributed by atoms with van der Waals surface area (Å²) in [4.78, 5) is 5.51. The van der Waals surface area contributed by atoms with Gasteiger partial charge in [0, 0.05) is 34.5 Å². The van der Waals surface area contributed by atoms with Crippen LogP contribution in [0, 0.1) is 12.8 Å². The molecule has 0 bridgehead atoms. The first-order valence-corrected chi connectivity index (χ1v) is 9.23. The lowest BCUT2D eigenvalue weighted by Crippen LogP contribution is -2.34. The van der Waals surface area contributed by atoms with Gasteiger partial charge >= 0.3 is 0 Å². The Morgan fingerprint density at radius 2 is 2.27 bits per heavy atom. The number of piperidine rings is 1. The highest BCUT2D eigenvalue weighted by Gasteiger charge is 2.25. The number of hydrogen-bond donors (Lipinski definition) is 1. The van der Waals surface area contributed by atoms with Crippen molar-refractivity contribution in [2.24, 2.45) is 5.92 Å². The van der Waals surface area contributed by atoms with Gasteiger partial charge < -0.3 is 0 Å². The minimum Gasteiger partial charge on any atom is -0.298 e. The number of aromatic nitrogens is 2. The van der Waals surface area contributed by atoms with Gasteiger partial charge in [0.05, 0.1) is 6.20 Å². The van der Waals surface area contributed by atoms with E-state index in [9.17, 15) is 0 Å². The molecule has 1 unspecified atom stereocenters. The van der Waals surface area contributed by atoms with E-state index in [2.05, 4.69) is 48.0 Å². The molecule has 4 heteroatoms. The molecule has 2 aromatic heterocycles. The first-order chi connectivity index (χ1) is 10.6. The number of aryl methyl sites for hydroxylation is 1. The molecule has 0 amide bonds. The van der Waals surface area contributed by atoms with Crippen LogP contribution in [0.2, 0.25) is 0 Å². The van der Waals surface area contributed by atoms with Crippen LogP contribution in [0.1, 0.15) is 53.6 Å². The van der Waals surface area contributed by atoms with Crippen LogP contribution in [-0.2, 0) is 13.0 Å². The van der Waals surface area contributed by atoms with Gasteiger partial charge in [-0.3, -0.25) is 10.00 Å². The van der Waals surface area contributed by atoms with Gasteiger partial charge in [-0.2, -0.15) is 5.10 Å². The highest BCUT2D eigenvalue weighted by atomic mass is 32.1. The van der Waals surface area contributed by atoms with Crippen molar-refractivity contribution in [3.8, 4) is 0 Å². The van der Waals surface area contributed by atoms with Crippen LogP contribution < -0.4 is 0 Å². The molecule has 3 heterocycles. The maximum atomic E-state index is 4.32. The molecule has 0 aromatic carbocycles. The molecule has 1 aliphatic heterocycles. The Balaban J connectivity index is 1.66. The highest BCUT2D eigenvalue weighted by Crippen LogP contribution is 2.30. The summed E-state index contributed by atoms with van der Waals surface area (Å²) in [6.45, 7) is 10.2. The second-order valence-corrected chi connectivity index (χ2v) is 8.37. The zero-order valence-electron chi connectivity index (χ0n) is 13.9. The number of hydrogen-bond acceptors (Lipinski definition) is 3. The van der Waals surface area contributed by atoms with Crippen molar-refractivity contribution < 1.29 is 0 Å². The molecule has 0 aliphatic carbocycles. The van der Waals surface area contributed by atoms with Gasteiger partial charge in [-0.1, -0.05) is 13.8 Å². The van der Waals surface area contributed by atoms with Gasteiger partial charge in [0.1, 0.15) is 0 Å². The van der Waals surface area contributed by atoms with E-state index >= 15 is 0 Å². The van der Waals surface area contributed by atoms with E-state index in [1.54, 1.807) is 0 Å². The first kappa shape index (κ1) is 15.8. The summed E-state index contributed by atoms with van der Waals surface area (Å²) in [7, 11) is 0. The summed E-state index contributed by atoms with van der Waals surface area (Å²) in [6.07, 6.45) is 5.74. The summed E-state index contributed by atoms with van der Waals surface area (Å²) < 4.78 is 0. The fraction of sp³-hybridized carbons (Fsp3) is 0.611. The van der Waals surface area contributed by atoms with E-state index in [0.717, 1.165) is 19.5 Å². The zero-order valence-corrected chi connectivity index (χ0v) is 14.7. The van der Waals surface area contributed by atoms with Gasteiger partial charge in [0.25, 0.3) is 0 Å². The molecule has 1 atom stereocenters. The molecule has 2 aromatic rings. The summed E-state index contributed by atoms with van der Waals surface area (Å²) in [5, 5.41) is 7.62.